The largest absolute Gasteiger partial charge is 0.353 e. The van der Waals surface area contributed by atoms with E-state index in [1.165, 1.54) is 11.8 Å². The van der Waals surface area contributed by atoms with Gasteiger partial charge in [0.05, 0.1) is 10.9 Å². The smallest absolute Gasteiger partial charge is 0.254 e. The van der Waals surface area contributed by atoms with Gasteiger partial charge in [-0.15, -0.1) is 11.8 Å². The van der Waals surface area contributed by atoms with Crippen molar-refractivity contribution >= 4 is 35.1 Å². The van der Waals surface area contributed by atoms with E-state index in [2.05, 4.69) is 15.2 Å². The van der Waals surface area contributed by atoms with E-state index in [1.54, 1.807) is 12.3 Å². The molecule has 2 aromatic rings. The van der Waals surface area contributed by atoms with Gasteiger partial charge in [0.2, 0.25) is 5.91 Å². The first kappa shape index (κ1) is 16.9. The third-order valence-electron chi connectivity index (χ3n) is 4.70. The molecule has 0 bridgehead atoms. The van der Waals surface area contributed by atoms with E-state index in [1.807, 2.05) is 42.2 Å². The van der Waals surface area contributed by atoms with Crippen LogP contribution in [0.2, 0.25) is 0 Å². The Kier molecular flexibility index (Phi) is 4.55. The summed E-state index contributed by atoms with van der Waals surface area (Å²) < 4.78 is 0. The summed E-state index contributed by atoms with van der Waals surface area (Å²) in [6, 6.07) is 11.4. The average molecular weight is 368 g/mol. The van der Waals surface area contributed by atoms with Crippen LogP contribution in [0.15, 0.2) is 47.5 Å². The summed E-state index contributed by atoms with van der Waals surface area (Å²) in [6.45, 7) is 4.72. The molecule has 1 atom stereocenters. The van der Waals surface area contributed by atoms with Crippen molar-refractivity contribution in [2.45, 2.75) is 17.1 Å². The maximum absolute atomic E-state index is 12.8. The second kappa shape index (κ2) is 6.99. The number of amides is 2. The third kappa shape index (κ3) is 3.26. The quantitative estimate of drug-likeness (QED) is 0.882. The molecule has 1 saturated heterocycles. The number of hydrogen-bond acceptors (Lipinski definition) is 5. The minimum Gasteiger partial charge on any atom is -0.353 e. The molecule has 2 amide bonds. The van der Waals surface area contributed by atoms with Crippen LogP contribution in [0.25, 0.3) is 0 Å². The maximum Gasteiger partial charge on any atom is 0.254 e. The van der Waals surface area contributed by atoms with Crippen molar-refractivity contribution in [2.75, 3.05) is 36.4 Å². The Bertz CT molecular complexity index is 835. The van der Waals surface area contributed by atoms with Crippen LogP contribution in [0.5, 0.6) is 0 Å². The van der Waals surface area contributed by atoms with Crippen LogP contribution in [0.4, 0.5) is 11.5 Å². The molecule has 0 saturated carbocycles. The number of hydrogen-bond donors (Lipinski definition) is 1. The van der Waals surface area contributed by atoms with Gasteiger partial charge in [-0.3, -0.25) is 9.59 Å². The summed E-state index contributed by atoms with van der Waals surface area (Å²) in [7, 11) is 0. The van der Waals surface area contributed by atoms with Gasteiger partial charge in [-0.05, 0) is 37.3 Å². The Hall–Kier alpha value is -2.54. The number of piperazine rings is 1. The molecule has 1 aromatic carbocycles. The number of carbonyl (C=O) groups is 2. The number of rotatable bonds is 2. The SMILES string of the molecule is C[C@H]1Sc2ccc(C(=O)N3CCN(c4ccccn4)CC3)cc2NC1=O. The lowest BCUT2D eigenvalue weighted by atomic mass is 10.1. The van der Waals surface area contributed by atoms with Crippen molar-refractivity contribution in [1.29, 1.82) is 0 Å². The number of pyridine rings is 1. The van der Waals surface area contributed by atoms with Gasteiger partial charge in [-0.1, -0.05) is 6.07 Å². The summed E-state index contributed by atoms with van der Waals surface area (Å²) in [5.41, 5.74) is 1.35. The van der Waals surface area contributed by atoms with Crippen molar-refractivity contribution in [3.63, 3.8) is 0 Å². The van der Waals surface area contributed by atoms with Crippen molar-refractivity contribution in [3.05, 3.63) is 48.2 Å². The van der Waals surface area contributed by atoms with E-state index in [0.29, 0.717) is 18.7 Å². The van der Waals surface area contributed by atoms with Gasteiger partial charge in [0, 0.05) is 42.8 Å². The normalized spacial score (nSPS) is 19.7. The molecule has 1 N–H and O–H groups in total. The summed E-state index contributed by atoms with van der Waals surface area (Å²) in [4.78, 5) is 34.2. The molecule has 0 unspecified atom stereocenters. The number of thioether (sulfide) groups is 1. The molecule has 1 aromatic heterocycles. The Morgan fingerprint density at radius 3 is 2.73 bits per heavy atom. The van der Waals surface area contributed by atoms with Gasteiger partial charge < -0.3 is 15.1 Å². The number of nitrogens with one attached hydrogen (secondary N) is 1. The first-order valence-electron chi connectivity index (χ1n) is 8.68. The van der Waals surface area contributed by atoms with Crippen molar-refractivity contribution in [1.82, 2.24) is 9.88 Å². The molecule has 0 radical (unpaired) electrons. The van der Waals surface area contributed by atoms with E-state index in [-0.39, 0.29) is 17.1 Å². The first-order chi connectivity index (χ1) is 12.6. The van der Waals surface area contributed by atoms with Crippen LogP contribution in [0, 0.1) is 0 Å². The molecule has 0 spiro atoms. The molecule has 134 valence electrons. The standard InChI is InChI=1S/C19H20N4O2S/c1-13-18(24)21-15-12-14(5-6-16(15)26-13)19(25)23-10-8-22(9-11-23)17-4-2-3-7-20-17/h2-7,12-13H,8-11H2,1H3,(H,21,24)/t13-/m1/s1. The van der Waals surface area contributed by atoms with Gasteiger partial charge in [0.1, 0.15) is 5.82 Å². The number of anilines is 2. The second-order valence-electron chi connectivity index (χ2n) is 6.43. The predicted octanol–water partition coefficient (Wildman–Crippen LogP) is 2.48. The molecule has 1 fully saturated rings. The molecule has 2 aliphatic rings. The fourth-order valence-corrected chi connectivity index (χ4v) is 4.13. The summed E-state index contributed by atoms with van der Waals surface area (Å²) in [5, 5.41) is 2.78. The van der Waals surface area contributed by atoms with E-state index >= 15 is 0 Å². The highest BCUT2D eigenvalue weighted by Gasteiger charge is 2.26. The van der Waals surface area contributed by atoms with Crippen LogP contribution < -0.4 is 10.2 Å². The van der Waals surface area contributed by atoms with E-state index in [0.717, 1.165) is 29.5 Å². The average Bonchev–Trinajstić information content (AvgIpc) is 2.69. The fourth-order valence-electron chi connectivity index (χ4n) is 3.20. The zero-order chi connectivity index (χ0) is 18.1. The molecule has 3 heterocycles. The third-order valence-corrected chi connectivity index (χ3v) is 5.88. The van der Waals surface area contributed by atoms with Crippen molar-refractivity contribution < 1.29 is 9.59 Å². The summed E-state index contributed by atoms with van der Waals surface area (Å²) in [6.07, 6.45) is 1.78. The van der Waals surface area contributed by atoms with E-state index in [4.69, 9.17) is 0 Å². The maximum atomic E-state index is 12.8. The summed E-state index contributed by atoms with van der Waals surface area (Å²) >= 11 is 1.52. The van der Waals surface area contributed by atoms with E-state index < -0.39 is 0 Å². The molecule has 26 heavy (non-hydrogen) atoms. The topological polar surface area (TPSA) is 65.5 Å². The number of fused-ring (bicyclic) bond motifs is 1. The first-order valence-corrected chi connectivity index (χ1v) is 9.56. The fraction of sp³-hybridized carbons (Fsp3) is 0.316. The van der Waals surface area contributed by atoms with Gasteiger partial charge >= 0.3 is 0 Å². The molecule has 0 aliphatic carbocycles. The van der Waals surface area contributed by atoms with Crippen molar-refractivity contribution in [3.8, 4) is 0 Å². The van der Waals surface area contributed by atoms with Crippen LogP contribution in [0.3, 0.4) is 0 Å². The number of aromatic nitrogens is 1. The molecular formula is C19H20N4O2S. The molecular weight excluding hydrogens is 348 g/mol. The molecule has 2 aliphatic heterocycles. The zero-order valence-corrected chi connectivity index (χ0v) is 15.3. The number of nitrogens with zero attached hydrogens (tertiary/aromatic N) is 3. The molecule has 4 rings (SSSR count). The lowest BCUT2D eigenvalue weighted by molar-refractivity contribution is -0.115. The number of carbonyl (C=O) groups excluding carboxylic acids is 2. The lowest BCUT2D eigenvalue weighted by Gasteiger charge is -2.35. The Morgan fingerprint density at radius 1 is 1.19 bits per heavy atom. The highest BCUT2D eigenvalue weighted by molar-refractivity contribution is 8.00. The highest BCUT2D eigenvalue weighted by Crippen LogP contribution is 2.36. The van der Waals surface area contributed by atoms with Gasteiger partial charge in [0.25, 0.3) is 5.91 Å². The Morgan fingerprint density at radius 2 is 2.00 bits per heavy atom. The molecule has 7 heteroatoms. The molecule has 6 nitrogen and oxygen atoms in total. The van der Waals surface area contributed by atoms with Crippen LogP contribution >= 0.6 is 11.8 Å². The Balaban J connectivity index is 1.44. The Labute approximate surface area is 156 Å². The minimum atomic E-state index is -0.108. The lowest BCUT2D eigenvalue weighted by Crippen LogP contribution is -2.49. The minimum absolute atomic E-state index is 0.00587. The van der Waals surface area contributed by atoms with Crippen molar-refractivity contribution in [2.24, 2.45) is 0 Å². The number of benzene rings is 1. The van der Waals surface area contributed by atoms with Gasteiger partial charge in [-0.2, -0.15) is 0 Å². The van der Waals surface area contributed by atoms with Crippen LogP contribution in [-0.2, 0) is 4.79 Å². The highest BCUT2D eigenvalue weighted by atomic mass is 32.2. The van der Waals surface area contributed by atoms with Gasteiger partial charge in [-0.25, -0.2) is 4.98 Å². The second-order valence-corrected chi connectivity index (χ2v) is 7.81. The van der Waals surface area contributed by atoms with Crippen LogP contribution in [-0.4, -0.2) is 53.1 Å². The monoisotopic (exact) mass is 368 g/mol. The zero-order valence-electron chi connectivity index (χ0n) is 14.5. The van der Waals surface area contributed by atoms with E-state index in [9.17, 15) is 9.59 Å². The summed E-state index contributed by atoms with van der Waals surface area (Å²) in [5.74, 6) is 0.935. The van der Waals surface area contributed by atoms with Gasteiger partial charge in [0.15, 0.2) is 0 Å². The van der Waals surface area contributed by atoms with Crippen LogP contribution in [0.1, 0.15) is 17.3 Å². The predicted molar refractivity (Wildman–Crippen MR) is 103 cm³/mol.